The van der Waals surface area contributed by atoms with Crippen LogP contribution in [0.25, 0.3) is 5.57 Å². The predicted octanol–water partition coefficient (Wildman–Crippen LogP) is 5.11. The van der Waals surface area contributed by atoms with Crippen LogP contribution in [0.1, 0.15) is 30.3 Å². The molecule has 10 heteroatoms. The number of tetrazole rings is 1. The molecule has 1 aromatic heterocycles. The smallest absolute Gasteiger partial charge is 0.401 e. The number of alkyl halides is 3. The van der Waals surface area contributed by atoms with E-state index in [0.29, 0.717) is 22.8 Å². The molecular formula is C24H22F3N5O2. The van der Waals surface area contributed by atoms with E-state index in [-0.39, 0.29) is 13.0 Å². The molecule has 4 rings (SSSR count). The molecule has 0 aliphatic heterocycles. The fourth-order valence-electron chi connectivity index (χ4n) is 3.40. The molecule has 3 aromatic rings. The van der Waals surface area contributed by atoms with Gasteiger partial charge in [-0.15, -0.1) is 10.2 Å². The van der Waals surface area contributed by atoms with Gasteiger partial charge in [0.2, 0.25) is 5.82 Å². The van der Waals surface area contributed by atoms with Crippen molar-refractivity contribution < 1.29 is 22.7 Å². The molecule has 0 spiro atoms. The summed E-state index contributed by atoms with van der Waals surface area (Å²) >= 11 is 0. The third kappa shape index (κ3) is 5.33. The molecule has 34 heavy (non-hydrogen) atoms. The first-order valence-corrected chi connectivity index (χ1v) is 10.5. The summed E-state index contributed by atoms with van der Waals surface area (Å²) in [5, 5.41) is 17.3. The van der Waals surface area contributed by atoms with Gasteiger partial charge in [-0.25, -0.2) is 0 Å². The monoisotopic (exact) mass is 469 g/mol. The zero-order chi connectivity index (χ0) is 24.0. The van der Waals surface area contributed by atoms with Crippen molar-refractivity contribution in [3.05, 3.63) is 89.8 Å². The molecule has 0 bridgehead atoms. The quantitative estimate of drug-likeness (QED) is 0.366. The van der Waals surface area contributed by atoms with Crippen molar-refractivity contribution in [1.82, 2.24) is 20.6 Å². The molecular weight excluding hydrogens is 447 g/mol. The van der Waals surface area contributed by atoms with Gasteiger partial charge in [0.05, 0.1) is 5.71 Å². The number of hydrogen-bond acceptors (Lipinski definition) is 6. The van der Waals surface area contributed by atoms with E-state index in [2.05, 4.69) is 25.8 Å². The lowest BCUT2D eigenvalue weighted by Crippen LogP contribution is -2.40. The number of ether oxygens (including phenoxy) is 1. The minimum atomic E-state index is -4.48. The molecule has 1 aliphatic carbocycles. The van der Waals surface area contributed by atoms with E-state index in [0.717, 1.165) is 11.1 Å². The Balaban J connectivity index is 1.38. The van der Waals surface area contributed by atoms with Gasteiger partial charge in [0.1, 0.15) is 17.8 Å². The molecule has 1 atom stereocenters. The minimum Gasteiger partial charge on any atom is -0.485 e. The first-order chi connectivity index (χ1) is 16.4. The highest BCUT2D eigenvalue weighted by atomic mass is 19.4. The molecule has 176 valence electrons. The van der Waals surface area contributed by atoms with Gasteiger partial charge in [0.15, 0.2) is 6.61 Å². The lowest BCUT2D eigenvalue weighted by Gasteiger charge is -2.33. The van der Waals surface area contributed by atoms with Crippen molar-refractivity contribution in [3.8, 4) is 5.75 Å². The third-order valence-electron chi connectivity index (χ3n) is 5.49. The van der Waals surface area contributed by atoms with Gasteiger partial charge in [-0.1, -0.05) is 58.9 Å². The number of hydrogen-bond donors (Lipinski definition) is 1. The number of allylic oxidation sites excluding steroid dienone is 3. The van der Waals surface area contributed by atoms with Crippen LogP contribution in [0.5, 0.6) is 5.75 Å². The molecule has 7 nitrogen and oxygen atoms in total. The van der Waals surface area contributed by atoms with Crippen molar-refractivity contribution >= 4 is 11.3 Å². The summed E-state index contributed by atoms with van der Waals surface area (Å²) in [6.45, 7) is 1.20. The minimum absolute atomic E-state index is 0.152. The Kier molecular flexibility index (Phi) is 6.76. The van der Waals surface area contributed by atoms with Crippen LogP contribution in [0.15, 0.2) is 78.0 Å². The summed E-state index contributed by atoms with van der Waals surface area (Å²) in [7, 11) is 0. The predicted molar refractivity (Wildman–Crippen MR) is 120 cm³/mol. The van der Waals surface area contributed by atoms with E-state index in [4.69, 9.17) is 9.57 Å². The zero-order valence-corrected chi connectivity index (χ0v) is 18.3. The highest BCUT2D eigenvalue weighted by molar-refractivity contribution is 5.98. The van der Waals surface area contributed by atoms with Crippen molar-refractivity contribution in [1.29, 1.82) is 0 Å². The van der Waals surface area contributed by atoms with Gasteiger partial charge < -0.3 is 9.57 Å². The van der Waals surface area contributed by atoms with Crippen molar-refractivity contribution in [2.75, 3.05) is 6.61 Å². The second-order valence-corrected chi connectivity index (χ2v) is 7.81. The Morgan fingerprint density at radius 2 is 1.88 bits per heavy atom. The summed E-state index contributed by atoms with van der Waals surface area (Å²) < 4.78 is 47.4. The van der Waals surface area contributed by atoms with Gasteiger partial charge in [-0.3, -0.25) is 0 Å². The average molecular weight is 469 g/mol. The van der Waals surface area contributed by atoms with Gasteiger partial charge in [0.25, 0.3) is 0 Å². The van der Waals surface area contributed by atoms with E-state index in [1.807, 2.05) is 30.3 Å². The highest BCUT2D eigenvalue weighted by Crippen LogP contribution is 2.46. The van der Waals surface area contributed by atoms with E-state index in [1.54, 1.807) is 37.3 Å². The lowest BCUT2D eigenvalue weighted by molar-refractivity contribution is -0.220. The lowest BCUT2D eigenvalue weighted by atomic mass is 9.79. The Morgan fingerprint density at radius 3 is 2.50 bits per heavy atom. The number of oxime groups is 1. The van der Waals surface area contributed by atoms with Gasteiger partial charge in [-0.05, 0) is 54.3 Å². The van der Waals surface area contributed by atoms with Crippen LogP contribution < -0.4 is 4.74 Å². The topological polar surface area (TPSA) is 85.3 Å². The number of rotatable bonds is 8. The standard InChI is InChI=1S/C24H22F3N5O2/c1-17(18-7-9-21(10-8-18)33-15-22-28-31-32-29-22)30-34-16-23(24(25,26)27)13-11-20(12-14-23)19-5-3-2-4-6-19/h2-13H,14-16H2,1H3,(H,28,29,31,32). The fraction of sp³-hybridized carbons (Fsp3) is 0.250. The van der Waals surface area contributed by atoms with Gasteiger partial charge >= 0.3 is 6.18 Å². The molecule has 0 saturated heterocycles. The van der Waals surface area contributed by atoms with Crippen LogP contribution in [-0.2, 0) is 11.4 Å². The maximum absolute atomic E-state index is 14.0. The fourth-order valence-corrected chi connectivity index (χ4v) is 3.40. The van der Waals surface area contributed by atoms with Crippen molar-refractivity contribution in [3.63, 3.8) is 0 Å². The van der Waals surface area contributed by atoms with Crippen LogP contribution in [0.2, 0.25) is 0 Å². The second-order valence-electron chi connectivity index (χ2n) is 7.81. The maximum atomic E-state index is 14.0. The van der Waals surface area contributed by atoms with E-state index in [1.165, 1.54) is 12.2 Å². The van der Waals surface area contributed by atoms with Crippen molar-refractivity contribution in [2.24, 2.45) is 10.6 Å². The van der Waals surface area contributed by atoms with Crippen LogP contribution in [0, 0.1) is 5.41 Å². The van der Waals surface area contributed by atoms with Crippen LogP contribution in [-0.4, -0.2) is 39.1 Å². The number of nitrogens with one attached hydrogen (secondary N) is 1. The Hall–Kier alpha value is -3.95. The number of H-pyrrole nitrogens is 1. The summed E-state index contributed by atoms with van der Waals surface area (Å²) in [6, 6.07) is 16.2. The highest BCUT2D eigenvalue weighted by Gasteiger charge is 2.54. The first kappa shape index (κ1) is 23.2. The number of benzene rings is 2. The molecule has 0 saturated carbocycles. The maximum Gasteiger partial charge on any atom is 0.401 e. The van der Waals surface area contributed by atoms with Gasteiger partial charge in [0, 0.05) is 0 Å². The average Bonchev–Trinajstić information content (AvgIpc) is 3.37. The van der Waals surface area contributed by atoms with E-state index < -0.39 is 18.2 Å². The largest absolute Gasteiger partial charge is 0.485 e. The second kappa shape index (κ2) is 9.90. The summed E-state index contributed by atoms with van der Waals surface area (Å²) in [6.07, 6.45) is -0.437. The van der Waals surface area contributed by atoms with Crippen LogP contribution in [0.3, 0.4) is 0 Å². The summed E-state index contributed by atoms with van der Waals surface area (Å²) in [5.74, 6) is 0.989. The molecule has 1 aliphatic rings. The van der Waals surface area contributed by atoms with E-state index in [9.17, 15) is 13.2 Å². The molecule has 2 aromatic carbocycles. The Labute approximate surface area is 194 Å². The van der Waals surface area contributed by atoms with Crippen LogP contribution in [0.4, 0.5) is 13.2 Å². The normalized spacial score (nSPS) is 18.5. The first-order valence-electron chi connectivity index (χ1n) is 10.5. The summed E-state index contributed by atoms with van der Waals surface area (Å²) in [5.41, 5.74) is 0.624. The van der Waals surface area contributed by atoms with Crippen molar-refractivity contribution in [2.45, 2.75) is 26.1 Å². The number of aromatic nitrogens is 4. The van der Waals surface area contributed by atoms with Gasteiger partial charge in [-0.2, -0.15) is 18.4 Å². The Morgan fingerprint density at radius 1 is 1.12 bits per heavy atom. The molecule has 1 heterocycles. The third-order valence-corrected chi connectivity index (χ3v) is 5.49. The molecule has 1 N–H and O–H groups in total. The zero-order valence-electron chi connectivity index (χ0n) is 18.3. The van der Waals surface area contributed by atoms with Crippen LogP contribution >= 0.6 is 0 Å². The van der Waals surface area contributed by atoms with E-state index >= 15 is 0 Å². The number of nitrogens with zero attached hydrogens (tertiary/aromatic N) is 4. The molecule has 0 fully saturated rings. The Bertz CT molecular complexity index is 1170. The summed E-state index contributed by atoms with van der Waals surface area (Å²) in [4.78, 5) is 5.22. The number of aromatic amines is 1. The molecule has 0 amide bonds. The SMILES string of the molecule is CC(=NOCC1(C(F)(F)F)C=CC(c2ccccc2)=CC1)c1ccc(OCc2nn[nH]n2)cc1. The number of halogens is 3. The molecule has 0 radical (unpaired) electrons. The molecule has 1 unspecified atom stereocenters.